The van der Waals surface area contributed by atoms with Crippen LogP contribution in [0.2, 0.25) is 0 Å². The van der Waals surface area contributed by atoms with Gasteiger partial charge in [0.1, 0.15) is 5.75 Å². The molecule has 0 saturated carbocycles. The molecule has 0 atom stereocenters. The summed E-state index contributed by atoms with van der Waals surface area (Å²) in [6.45, 7) is 7.88. The van der Waals surface area contributed by atoms with E-state index in [1.54, 1.807) is 0 Å². The fourth-order valence-corrected chi connectivity index (χ4v) is 0.961. The minimum Gasteiger partial charge on any atom is -0.525 e. The molecule has 0 aliphatic carbocycles. The van der Waals surface area contributed by atoms with Crippen molar-refractivity contribution >= 4 is 0 Å². The molecule has 0 saturated heterocycles. The maximum absolute atomic E-state index is 5.28. The van der Waals surface area contributed by atoms with Crippen LogP contribution in [-0.2, 0) is 60.2 Å². The van der Waals surface area contributed by atoms with Gasteiger partial charge in [0, 0.05) is 53.8 Å². The summed E-state index contributed by atoms with van der Waals surface area (Å²) in [7, 11) is 0. The van der Waals surface area contributed by atoms with E-state index in [1.165, 1.54) is 0 Å². The summed E-state index contributed by atoms with van der Waals surface area (Å²) in [4.78, 5) is 0. The molecule has 0 unspecified atom stereocenters. The third-order valence-corrected chi connectivity index (χ3v) is 1.50. The van der Waals surface area contributed by atoms with Crippen molar-refractivity contribution in [2.24, 2.45) is 0 Å². The molecule has 0 spiro atoms. The molecule has 0 bridgehead atoms. The van der Waals surface area contributed by atoms with Gasteiger partial charge in [-0.3, -0.25) is 0 Å². The normalized spacial score (nSPS) is 8.15. The molecule has 0 N–H and O–H groups in total. The summed E-state index contributed by atoms with van der Waals surface area (Å²) in [5, 5.41) is 0. The monoisotopic (exact) mass is 421 g/mol. The van der Waals surface area contributed by atoms with E-state index in [4.69, 9.17) is 4.74 Å². The average molecular weight is 421 g/mol. The molecule has 1 aromatic carbocycles. The number of rotatable bonds is 3. The van der Waals surface area contributed by atoms with E-state index in [2.05, 4.69) is 13.8 Å². The van der Waals surface area contributed by atoms with Gasteiger partial charge in [0.2, 0.25) is 0 Å². The van der Waals surface area contributed by atoms with Crippen LogP contribution in [0.3, 0.4) is 0 Å². The molecule has 69 valence electrons. The maximum Gasteiger partial charge on any atom is 0.115 e. The molecule has 13 heavy (non-hydrogen) atoms. The van der Waals surface area contributed by atoms with Crippen molar-refractivity contribution in [2.45, 2.75) is 6.42 Å². The largest absolute Gasteiger partial charge is 0.525 e. The van der Waals surface area contributed by atoms with Gasteiger partial charge in [-0.1, -0.05) is 18.2 Å². The van der Waals surface area contributed by atoms with E-state index >= 15 is 0 Å². The molecule has 0 aromatic heterocycles. The van der Waals surface area contributed by atoms with E-state index in [-0.39, 0.29) is 53.8 Å². The van der Waals surface area contributed by atoms with Gasteiger partial charge in [-0.25, -0.2) is 0 Å². The molecule has 1 nitrogen and oxygen atoms in total. The fraction of sp³-hybridized carbons (Fsp3) is 0.200. The van der Waals surface area contributed by atoms with Crippen LogP contribution >= 0.6 is 0 Å². The van der Waals surface area contributed by atoms with Crippen molar-refractivity contribution in [3.8, 4) is 5.75 Å². The second-order valence-corrected chi connectivity index (χ2v) is 2.21. The van der Waals surface area contributed by atoms with E-state index in [1.807, 2.05) is 24.3 Å². The van der Waals surface area contributed by atoms with Crippen LogP contribution in [0, 0.1) is 13.8 Å². The number of hydrogen-bond acceptors (Lipinski definition) is 1. The van der Waals surface area contributed by atoms with Crippen molar-refractivity contribution in [3.63, 3.8) is 0 Å². The Morgan fingerprint density at radius 3 is 2.31 bits per heavy atom. The molecule has 0 amide bonds. The van der Waals surface area contributed by atoms with Crippen LogP contribution in [0.4, 0.5) is 0 Å². The zero-order valence-corrected chi connectivity index (χ0v) is 13.3. The molecular weight excluding hydrogens is 409 g/mol. The Kier molecular flexibility index (Phi) is 11.7. The number of ether oxygens (including phenoxy) is 1. The predicted octanol–water partition coefficient (Wildman–Crippen LogP) is 2.27. The van der Waals surface area contributed by atoms with Crippen LogP contribution in [0.25, 0.3) is 0 Å². The zero-order valence-electron chi connectivity index (χ0n) is 7.53. The summed E-state index contributed by atoms with van der Waals surface area (Å²) in [6, 6.07) is 7.88. The van der Waals surface area contributed by atoms with Gasteiger partial charge in [-0.15, -0.1) is 0 Å². The zero-order chi connectivity index (χ0) is 8.10. The van der Waals surface area contributed by atoms with E-state index in [0.717, 1.165) is 17.7 Å². The van der Waals surface area contributed by atoms with Crippen LogP contribution < -0.4 is 4.74 Å². The maximum atomic E-state index is 5.28. The topological polar surface area (TPSA) is 9.23 Å². The Bertz CT molecular complexity index is 228. The first-order chi connectivity index (χ1) is 5.38. The second-order valence-electron chi connectivity index (χ2n) is 2.21. The molecule has 1 radical (unpaired) electrons. The minimum atomic E-state index is 0. The number of para-hydroxylation sites is 1. The average Bonchev–Trinajstić information content (AvgIpc) is 2.06. The summed E-state index contributed by atoms with van der Waals surface area (Å²) in [6.07, 6.45) is 0.760. The van der Waals surface area contributed by atoms with Crippen molar-refractivity contribution in [1.82, 2.24) is 0 Å². The predicted molar refractivity (Wildman–Crippen MR) is 46.4 cm³/mol. The third-order valence-electron chi connectivity index (χ3n) is 1.50. The smallest absolute Gasteiger partial charge is 0.115 e. The van der Waals surface area contributed by atoms with Crippen LogP contribution in [-0.4, -0.2) is 6.61 Å². The molecule has 3 heteroatoms. The van der Waals surface area contributed by atoms with Gasteiger partial charge >= 0.3 is 0 Å². The molecule has 1 rings (SSSR count). The standard InChI is InChI=1S/C10H12O.W.Y/c1-3-9-7-5-6-8-10(9)11-4-2;;/h5-8H,1-4H2;;/q-2;;. The second kappa shape index (κ2) is 9.37. The number of benzene rings is 1. The Morgan fingerprint density at radius 2 is 1.77 bits per heavy atom. The summed E-state index contributed by atoms with van der Waals surface area (Å²) >= 11 is 0. The molecule has 0 heterocycles. The van der Waals surface area contributed by atoms with Gasteiger partial charge in [-0.2, -0.15) is 6.42 Å². The van der Waals surface area contributed by atoms with Crippen molar-refractivity contribution in [3.05, 3.63) is 43.7 Å². The quantitative estimate of drug-likeness (QED) is 0.682. The van der Waals surface area contributed by atoms with Gasteiger partial charge in [0.25, 0.3) is 0 Å². The Hall–Kier alpha value is 0.812. The molecule has 1 aromatic rings. The Labute approximate surface area is 120 Å². The van der Waals surface area contributed by atoms with E-state index in [9.17, 15) is 0 Å². The van der Waals surface area contributed by atoms with Crippen LogP contribution in [0.15, 0.2) is 24.3 Å². The van der Waals surface area contributed by atoms with Crippen molar-refractivity contribution in [1.29, 1.82) is 0 Å². The number of hydrogen-bond donors (Lipinski definition) is 0. The SMILES string of the molecule is [CH2-]COc1ccccc1C[CH2-].[W].[Y]. The van der Waals surface area contributed by atoms with E-state index < -0.39 is 0 Å². The third kappa shape index (κ3) is 5.30. The Balaban J connectivity index is 0. The van der Waals surface area contributed by atoms with Crippen molar-refractivity contribution < 1.29 is 58.5 Å². The fourth-order valence-electron chi connectivity index (χ4n) is 0.961. The first-order valence-electron chi connectivity index (χ1n) is 3.67. The Morgan fingerprint density at radius 1 is 1.15 bits per heavy atom. The van der Waals surface area contributed by atoms with Gasteiger partial charge < -0.3 is 18.6 Å². The van der Waals surface area contributed by atoms with Gasteiger partial charge in [0.15, 0.2) is 0 Å². The van der Waals surface area contributed by atoms with Gasteiger partial charge in [0.05, 0.1) is 0 Å². The van der Waals surface area contributed by atoms with Crippen molar-refractivity contribution in [2.75, 3.05) is 6.61 Å². The first-order valence-corrected chi connectivity index (χ1v) is 3.67. The molecular formula is C10H12OWY-2. The van der Waals surface area contributed by atoms with Gasteiger partial charge in [-0.05, 0) is 18.2 Å². The summed E-state index contributed by atoms with van der Waals surface area (Å²) < 4.78 is 5.28. The van der Waals surface area contributed by atoms with Crippen LogP contribution in [0.5, 0.6) is 5.75 Å². The molecule has 0 aliphatic rings. The first kappa shape index (κ1) is 16.2. The van der Waals surface area contributed by atoms with Crippen LogP contribution in [0.1, 0.15) is 5.56 Å². The molecule has 0 aliphatic heterocycles. The minimum absolute atomic E-state index is 0. The summed E-state index contributed by atoms with van der Waals surface area (Å²) in [5.74, 6) is 0.900. The molecule has 0 fully saturated rings. The summed E-state index contributed by atoms with van der Waals surface area (Å²) in [5.41, 5.74) is 1.14. The van der Waals surface area contributed by atoms with E-state index in [0.29, 0.717) is 6.61 Å².